The summed E-state index contributed by atoms with van der Waals surface area (Å²) in [4.78, 5) is 12.1. The lowest BCUT2D eigenvalue weighted by Gasteiger charge is -2.38. The summed E-state index contributed by atoms with van der Waals surface area (Å²) < 4.78 is 16.2. The number of halogens is 1. The fourth-order valence-electron chi connectivity index (χ4n) is 3.11. The van der Waals surface area contributed by atoms with Crippen LogP contribution < -0.4 is 0 Å². The summed E-state index contributed by atoms with van der Waals surface area (Å²) >= 11 is 3.48. The molecular formula is C19H39BrO5Si. The molecule has 1 atom stereocenters. The molecule has 26 heavy (non-hydrogen) atoms. The van der Waals surface area contributed by atoms with Crippen LogP contribution in [-0.2, 0) is 18.1 Å². The second-order valence-corrected chi connectivity index (χ2v) is 11.5. The maximum Gasteiger partial charge on any atom is 0.530 e. The molecule has 7 heteroatoms. The van der Waals surface area contributed by atoms with Crippen LogP contribution >= 0.6 is 15.9 Å². The highest BCUT2D eigenvalue weighted by atomic mass is 79.9. The Morgan fingerprint density at radius 3 is 1.54 bits per heavy atom. The molecule has 0 saturated heterocycles. The largest absolute Gasteiger partial charge is 0.530 e. The highest BCUT2D eigenvalue weighted by Crippen LogP contribution is 2.38. The number of carbonyl (C=O) groups is 1. The molecule has 1 unspecified atom stereocenters. The minimum atomic E-state index is -3.39. The van der Waals surface area contributed by atoms with E-state index in [0.29, 0.717) is 26.2 Å². The SMILES string of the molecule is CCCCCCCCCCCC(Br)(C(=O)O)[Si](OCC)(OCC)OCC. The first kappa shape index (κ1) is 26.0. The van der Waals surface area contributed by atoms with Crippen LogP contribution in [0.3, 0.4) is 0 Å². The van der Waals surface area contributed by atoms with Gasteiger partial charge in [-0.3, -0.25) is 4.79 Å². The molecule has 0 aliphatic heterocycles. The van der Waals surface area contributed by atoms with Gasteiger partial charge in [-0.15, -0.1) is 0 Å². The lowest BCUT2D eigenvalue weighted by Crippen LogP contribution is -2.65. The van der Waals surface area contributed by atoms with Crippen LogP contribution in [0.25, 0.3) is 0 Å². The molecule has 0 fully saturated rings. The fraction of sp³-hybridized carbons (Fsp3) is 0.947. The van der Waals surface area contributed by atoms with Gasteiger partial charge in [0.2, 0.25) is 0 Å². The van der Waals surface area contributed by atoms with Crippen molar-refractivity contribution in [2.75, 3.05) is 19.8 Å². The van der Waals surface area contributed by atoms with Crippen LogP contribution in [0.15, 0.2) is 0 Å². The highest BCUT2D eigenvalue weighted by Gasteiger charge is 2.64. The Hall–Kier alpha value is 0.0469. The summed E-state index contributed by atoms with van der Waals surface area (Å²) in [6, 6.07) is 0. The van der Waals surface area contributed by atoms with Gasteiger partial charge in [0, 0.05) is 19.8 Å². The first-order chi connectivity index (χ1) is 12.4. The van der Waals surface area contributed by atoms with Crippen molar-refractivity contribution in [3.8, 4) is 0 Å². The Labute approximate surface area is 169 Å². The second-order valence-electron chi connectivity index (χ2n) is 6.54. The Kier molecular flexibility index (Phi) is 15.1. The summed E-state index contributed by atoms with van der Waals surface area (Å²) in [6.45, 7) is 8.85. The zero-order valence-electron chi connectivity index (χ0n) is 17.2. The predicted octanol–water partition coefficient (Wildman–Crippen LogP) is 5.71. The molecule has 0 radical (unpaired) electrons. The van der Waals surface area contributed by atoms with Crippen molar-refractivity contribution < 1.29 is 23.2 Å². The van der Waals surface area contributed by atoms with Crippen molar-refractivity contribution in [1.82, 2.24) is 0 Å². The van der Waals surface area contributed by atoms with E-state index in [1.165, 1.54) is 38.5 Å². The molecular weight excluding hydrogens is 416 g/mol. The Bertz CT molecular complexity index is 353. The minimum Gasteiger partial charge on any atom is -0.480 e. The molecule has 0 amide bonds. The number of carboxylic acids is 1. The van der Waals surface area contributed by atoms with Crippen LogP contribution in [0.4, 0.5) is 0 Å². The smallest absolute Gasteiger partial charge is 0.480 e. The lowest BCUT2D eigenvalue weighted by atomic mass is 10.1. The molecule has 0 aromatic rings. The van der Waals surface area contributed by atoms with E-state index in [0.717, 1.165) is 19.3 Å². The van der Waals surface area contributed by atoms with E-state index < -0.39 is 18.7 Å². The molecule has 0 aromatic heterocycles. The monoisotopic (exact) mass is 454 g/mol. The van der Waals surface area contributed by atoms with Gasteiger partial charge >= 0.3 is 14.8 Å². The third kappa shape index (κ3) is 8.38. The summed E-state index contributed by atoms with van der Waals surface area (Å²) in [5.41, 5.74) is 0. The van der Waals surface area contributed by atoms with Crippen molar-refractivity contribution in [2.24, 2.45) is 0 Å². The first-order valence-corrected chi connectivity index (χ1v) is 12.8. The van der Waals surface area contributed by atoms with Gasteiger partial charge in [0.05, 0.1) is 0 Å². The van der Waals surface area contributed by atoms with Crippen molar-refractivity contribution in [2.45, 2.75) is 95.9 Å². The zero-order chi connectivity index (χ0) is 19.9. The number of hydrogen-bond donors (Lipinski definition) is 1. The molecule has 1 N–H and O–H groups in total. The number of alkyl halides is 1. The maximum atomic E-state index is 12.1. The van der Waals surface area contributed by atoms with Crippen molar-refractivity contribution in [1.29, 1.82) is 0 Å². The molecule has 0 aromatic carbocycles. The predicted molar refractivity (Wildman–Crippen MR) is 112 cm³/mol. The van der Waals surface area contributed by atoms with Gasteiger partial charge in [-0.05, 0) is 27.2 Å². The number of rotatable bonds is 18. The topological polar surface area (TPSA) is 65.0 Å². The van der Waals surface area contributed by atoms with E-state index in [-0.39, 0.29) is 0 Å². The standard InChI is InChI=1S/C19H39BrO5Si/c1-5-9-10-11-12-13-14-15-16-17-19(20,18(21)22)26(23-6-2,24-7-3)25-8-4/h5-17H2,1-4H3,(H,21,22). The van der Waals surface area contributed by atoms with Gasteiger partial charge in [-0.25, -0.2) is 0 Å². The van der Waals surface area contributed by atoms with Crippen molar-refractivity contribution in [3.05, 3.63) is 0 Å². The Morgan fingerprint density at radius 2 is 1.19 bits per heavy atom. The number of hydrogen-bond acceptors (Lipinski definition) is 4. The summed E-state index contributed by atoms with van der Waals surface area (Å²) in [5, 5.41) is 9.92. The Balaban J connectivity index is 4.67. The van der Waals surface area contributed by atoms with Gasteiger partial charge in [-0.2, -0.15) is 0 Å². The molecule has 0 bridgehead atoms. The molecule has 156 valence electrons. The molecule has 0 saturated carbocycles. The molecule has 0 aliphatic rings. The van der Waals surface area contributed by atoms with Crippen LogP contribution in [0.5, 0.6) is 0 Å². The van der Waals surface area contributed by atoms with Gasteiger partial charge in [0.1, 0.15) is 0 Å². The number of unbranched alkanes of at least 4 members (excludes halogenated alkanes) is 8. The van der Waals surface area contributed by atoms with E-state index in [4.69, 9.17) is 13.3 Å². The average molecular weight is 456 g/mol. The van der Waals surface area contributed by atoms with Crippen LogP contribution in [0, 0.1) is 0 Å². The van der Waals surface area contributed by atoms with E-state index >= 15 is 0 Å². The van der Waals surface area contributed by atoms with Gasteiger partial charge in [0.15, 0.2) is 3.95 Å². The van der Waals surface area contributed by atoms with E-state index in [1.807, 2.05) is 20.8 Å². The zero-order valence-corrected chi connectivity index (χ0v) is 19.7. The third-order valence-corrected chi connectivity index (χ3v) is 10.1. The summed E-state index contributed by atoms with van der Waals surface area (Å²) in [5.74, 6) is -0.959. The number of carboxylic acid groups (broad SMARTS) is 1. The fourth-order valence-corrected chi connectivity index (χ4v) is 7.24. The van der Waals surface area contributed by atoms with E-state index in [9.17, 15) is 9.90 Å². The first-order valence-electron chi connectivity index (χ1n) is 10.3. The van der Waals surface area contributed by atoms with E-state index in [2.05, 4.69) is 22.9 Å². The summed E-state index contributed by atoms with van der Waals surface area (Å²) in [7, 11) is -3.39. The normalized spacial score (nSPS) is 14.3. The van der Waals surface area contributed by atoms with Gasteiger partial charge in [-0.1, -0.05) is 80.6 Å². The van der Waals surface area contributed by atoms with E-state index in [1.54, 1.807) is 0 Å². The Morgan fingerprint density at radius 1 is 0.808 bits per heavy atom. The van der Waals surface area contributed by atoms with Crippen molar-refractivity contribution in [3.63, 3.8) is 0 Å². The highest BCUT2D eigenvalue weighted by molar-refractivity contribution is 9.11. The molecule has 5 nitrogen and oxygen atoms in total. The second kappa shape index (κ2) is 15.0. The van der Waals surface area contributed by atoms with Crippen molar-refractivity contribution >= 4 is 30.7 Å². The minimum absolute atomic E-state index is 0.366. The van der Waals surface area contributed by atoms with Crippen LogP contribution in [0.2, 0.25) is 0 Å². The molecule has 0 aliphatic carbocycles. The average Bonchev–Trinajstić information content (AvgIpc) is 2.60. The quantitative estimate of drug-likeness (QED) is 0.163. The lowest BCUT2D eigenvalue weighted by molar-refractivity contribution is -0.139. The molecule has 0 rings (SSSR count). The van der Waals surface area contributed by atoms with Gasteiger partial charge < -0.3 is 18.4 Å². The van der Waals surface area contributed by atoms with Crippen LogP contribution in [-0.4, -0.2) is 43.6 Å². The molecule has 0 heterocycles. The summed E-state index contributed by atoms with van der Waals surface area (Å²) in [6.07, 6.45) is 11.1. The molecule has 0 spiro atoms. The maximum absolute atomic E-state index is 12.1. The van der Waals surface area contributed by atoms with Gasteiger partial charge in [0.25, 0.3) is 0 Å². The van der Waals surface area contributed by atoms with Crippen LogP contribution in [0.1, 0.15) is 91.9 Å². The third-order valence-electron chi connectivity index (χ3n) is 4.45. The number of aliphatic carboxylic acids is 1.